The number of carbonyl (C=O) groups is 1. The summed E-state index contributed by atoms with van der Waals surface area (Å²) in [6.07, 6.45) is 3.35. The van der Waals surface area contributed by atoms with E-state index in [-0.39, 0.29) is 6.09 Å². The van der Waals surface area contributed by atoms with E-state index in [1.54, 1.807) is 4.90 Å². The predicted molar refractivity (Wildman–Crippen MR) is 79.9 cm³/mol. The number of hydrogen-bond acceptors (Lipinski definition) is 4. The summed E-state index contributed by atoms with van der Waals surface area (Å²) in [4.78, 5) is 13.8. The fourth-order valence-corrected chi connectivity index (χ4v) is 2.17. The van der Waals surface area contributed by atoms with Crippen LogP contribution < -0.4 is 5.32 Å². The van der Waals surface area contributed by atoms with E-state index in [1.165, 1.54) is 0 Å². The van der Waals surface area contributed by atoms with Gasteiger partial charge in [0, 0.05) is 32.8 Å². The van der Waals surface area contributed by atoms with Crippen LogP contribution in [0.15, 0.2) is 0 Å². The first kappa shape index (κ1) is 17.2. The standard InChI is InChI=1S/C15H30N2O3/c1-5-9-17(14(18)20-15(2,3)4)10-8-16-12-13-7-6-11-19-13/h13,16H,5-12H2,1-4H3. The van der Waals surface area contributed by atoms with Crippen LogP contribution in [0.3, 0.4) is 0 Å². The quantitative estimate of drug-likeness (QED) is 0.730. The Morgan fingerprint density at radius 2 is 2.15 bits per heavy atom. The maximum absolute atomic E-state index is 12.1. The Hall–Kier alpha value is -0.810. The molecule has 0 saturated carbocycles. The molecule has 0 bridgehead atoms. The molecule has 0 aromatic heterocycles. The average Bonchev–Trinajstić information content (AvgIpc) is 2.83. The van der Waals surface area contributed by atoms with E-state index in [2.05, 4.69) is 12.2 Å². The molecule has 0 aromatic carbocycles. The van der Waals surface area contributed by atoms with E-state index in [1.807, 2.05) is 20.8 Å². The molecule has 0 radical (unpaired) electrons. The summed E-state index contributed by atoms with van der Waals surface area (Å²) >= 11 is 0. The first-order valence-corrected chi connectivity index (χ1v) is 7.72. The summed E-state index contributed by atoms with van der Waals surface area (Å²) in [5.41, 5.74) is -0.436. The molecule has 1 N–H and O–H groups in total. The topological polar surface area (TPSA) is 50.8 Å². The van der Waals surface area contributed by atoms with Crippen molar-refractivity contribution in [1.29, 1.82) is 0 Å². The Kier molecular flexibility index (Phi) is 7.30. The molecule has 5 heteroatoms. The first-order valence-electron chi connectivity index (χ1n) is 7.72. The van der Waals surface area contributed by atoms with Crippen LogP contribution in [-0.4, -0.2) is 55.5 Å². The fraction of sp³-hybridized carbons (Fsp3) is 0.933. The molecule has 1 aliphatic rings. The van der Waals surface area contributed by atoms with Crippen LogP contribution >= 0.6 is 0 Å². The molecule has 1 atom stereocenters. The molecule has 1 heterocycles. The second-order valence-corrected chi connectivity index (χ2v) is 6.31. The summed E-state index contributed by atoms with van der Waals surface area (Å²) in [5, 5.41) is 3.36. The molecule has 1 fully saturated rings. The molecule has 0 aromatic rings. The van der Waals surface area contributed by atoms with Gasteiger partial charge in [-0.15, -0.1) is 0 Å². The van der Waals surface area contributed by atoms with E-state index in [0.717, 1.165) is 45.5 Å². The largest absolute Gasteiger partial charge is 0.444 e. The van der Waals surface area contributed by atoms with Crippen LogP contribution in [-0.2, 0) is 9.47 Å². The van der Waals surface area contributed by atoms with Crippen LogP contribution in [0.25, 0.3) is 0 Å². The van der Waals surface area contributed by atoms with Gasteiger partial charge in [-0.2, -0.15) is 0 Å². The van der Waals surface area contributed by atoms with Crippen LogP contribution in [0.4, 0.5) is 4.79 Å². The zero-order valence-corrected chi connectivity index (χ0v) is 13.4. The third kappa shape index (κ3) is 7.10. The molecular formula is C15H30N2O3. The molecule has 1 unspecified atom stereocenters. The lowest BCUT2D eigenvalue weighted by Gasteiger charge is -2.27. The van der Waals surface area contributed by atoms with Crippen LogP contribution in [0, 0.1) is 0 Å². The number of carbonyl (C=O) groups excluding carboxylic acids is 1. The highest BCUT2D eigenvalue weighted by Crippen LogP contribution is 2.11. The van der Waals surface area contributed by atoms with E-state index in [0.29, 0.717) is 12.6 Å². The summed E-state index contributed by atoms with van der Waals surface area (Å²) in [7, 11) is 0. The fourth-order valence-electron chi connectivity index (χ4n) is 2.17. The van der Waals surface area contributed by atoms with Crippen molar-refractivity contribution < 1.29 is 14.3 Å². The van der Waals surface area contributed by atoms with Crippen molar-refractivity contribution in [3.63, 3.8) is 0 Å². The number of nitrogens with one attached hydrogen (secondary N) is 1. The molecule has 0 aliphatic carbocycles. The van der Waals surface area contributed by atoms with Gasteiger partial charge in [0.1, 0.15) is 5.60 Å². The van der Waals surface area contributed by atoms with Gasteiger partial charge >= 0.3 is 6.09 Å². The minimum absolute atomic E-state index is 0.224. The second kappa shape index (κ2) is 8.47. The van der Waals surface area contributed by atoms with Crippen molar-refractivity contribution in [3.05, 3.63) is 0 Å². The van der Waals surface area contributed by atoms with Crippen molar-refractivity contribution in [2.75, 3.05) is 32.8 Å². The Morgan fingerprint density at radius 3 is 2.70 bits per heavy atom. The second-order valence-electron chi connectivity index (χ2n) is 6.31. The summed E-state index contributed by atoms with van der Waals surface area (Å²) in [6, 6.07) is 0. The van der Waals surface area contributed by atoms with Crippen molar-refractivity contribution in [3.8, 4) is 0 Å². The van der Waals surface area contributed by atoms with Crippen LogP contribution in [0.2, 0.25) is 0 Å². The van der Waals surface area contributed by atoms with Gasteiger partial charge in [0.15, 0.2) is 0 Å². The smallest absolute Gasteiger partial charge is 0.410 e. The average molecular weight is 286 g/mol. The Labute approximate surface area is 123 Å². The van der Waals surface area contributed by atoms with Crippen molar-refractivity contribution in [2.45, 2.75) is 58.7 Å². The number of nitrogens with zero attached hydrogens (tertiary/aromatic N) is 1. The molecular weight excluding hydrogens is 256 g/mol. The van der Waals surface area contributed by atoms with E-state index < -0.39 is 5.60 Å². The predicted octanol–water partition coefficient (Wildman–Crippen LogP) is 2.40. The Morgan fingerprint density at radius 1 is 1.40 bits per heavy atom. The molecule has 1 saturated heterocycles. The molecule has 20 heavy (non-hydrogen) atoms. The van der Waals surface area contributed by atoms with Gasteiger partial charge in [0.2, 0.25) is 0 Å². The lowest BCUT2D eigenvalue weighted by molar-refractivity contribution is 0.0250. The third-order valence-corrected chi connectivity index (χ3v) is 3.10. The summed E-state index contributed by atoms with van der Waals surface area (Å²) in [6.45, 7) is 11.7. The number of hydrogen-bond donors (Lipinski definition) is 1. The highest BCUT2D eigenvalue weighted by Gasteiger charge is 2.21. The van der Waals surface area contributed by atoms with Gasteiger partial charge in [0.25, 0.3) is 0 Å². The first-order chi connectivity index (χ1) is 9.42. The van der Waals surface area contributed by atoms with Crippen molar-refractivity contribution in [1.82, 2.24) is 10.2 Å². The third-order valence-electron chi connectivity index (χ3n) is 3.10. The number of amides is 1. The van der Waals surface area contributed by atoms with Gasteiger partial charge in [-0.1, -0.05) is 6.92 Å². The normalized spacial score (nSPS) is 19.1. The minimum Gasteiger partial charge on any atom is -0.444 e. The SMILES string of the molecule is CCCN(CCNCC1CCCO1)C(=O)OC(C)(C)C. The lowest BCUT2D eigenvalue weighted by atomic mass is 10.2. The highest BCUT2D eigenvalue weighted by atomic mass is 16.6. The summed E-state index contributed by atoms with van der Waals surface area (Å²) < 4.78 is 11.0. The zero-order chi connectivity index (χ0) is 15.0. The zero-order valence-electron chi connectivity index (χ0n) is 13.4. The maximum Gasteiger partial charge on any atom is 0.410 e. The molecule has 5 nitrogen and oxygen atoms in total. The van der Waals surface area contributed by atoms with E-state index in [9.17, 15) is 4.79 Å². The van der Waals surface area contributed by atoms with Crippen molar-refractivity contribution in [2.24, 2.45) is 0 Å². The molecule has 1 rings (SSSR count). The van der Waals surface area contributed by atoms with Gasteiger partial charge in [0.05, 0.1) is 6.10 Å². The van der Waals surface area contributed by atoms with E-state index >= 15 is 0 Å². The molecule has 1 amide bonds. The van der Waals surface area contributed by atoms with Gasteiger partial charge < -0.3 is 19.7 Å². The number of ether oxygens (including phenoxy) is 2. The summed E-state index contributed by atoms with van der Waals surface area (Å²) in [5.74, 6) is 0. The number of rotatable bonds is 7. The van der Waals surface area contributed by atoms with Gasteiger partial charge in [-0.05, 0) is 40.0 Å². The highest BCUT2D eigenvalue weighted by molar-refractivity contribution is 5.68. The van der Waals surface area contributed by atoms with Gasteiger partial charge in [-0.25, -0.2) is 4.79 Å². The maximum atomic E-state index is 12.1. The molecule has 1 aliphatic heterocycles. The van der Waals surface area contributed by atoms with E-state index in [4.69, 9.17) is 9.47 Å². The van der Waals surface area contributed by atoms with Crippen molar-refractivity contribution >= 4 is 6.09 Å². The van der Waals surface area contributed by atoms with Crippen LogP contribution in [0.1, 0.15) is 47.0 Å². The molecule has 118 valence electrons. The Balaban J connectivity index is 2.25. The monoisotopic (exact) mass is 286 g/mol. The molecule has 0 spiro atoms. The minimum atomic E-state index is -0.436. The van der Waals surface area contributed by atoms with Gasteiger partial charge in [-0.3, -0.25) is 0 Å². The Bertz CT molecular complexity index is 283. The lowest BCUT2D eigenvalue weighted by Crippen LogP contribution is -2.41. The van der Waals surface area contributed by atoms with Crippen LogP contribution in [0.5, 0.6) is 0 Å².